The van der Waals surface area contributed by atoms with E-state index in [2.05, 4.69) is 5.10 Å². The highest BCUT2D eigenvalue weighted by Gasteiger charge is 2.26. The highest BCUT2D eigenvalue weighted by molar-refractivity contribution is 7.90. The fourth-order valence-electron chi connectivity index (χ4n) is 3.67. The standard InChI is InChI=1S/C24H23Cl2N3O3S/c1-24(2,30)22-14-21(29(27-22)23-17(25)9-6-10-18(23)26)20-12-11-19(28(20)3)15-7-5-8-16(13-15)33(4,31)32/h5-14,30H,1-4H3. The van der Waals surface area contributed by atoms with Crippen LogP contribution in [-0.2, 0) is 22.5 Å². The van der Waals surface area contributed by atoms with Crippen LogP contribution in [0.3, 0.4) is 0 Å². The van der Waals surface area contributed by atoms with Gasteiger partial charge in [0.15, 0.2) is 9.84 Å². The number of rotatable bonds is 5. The third-order valence-corrected chi connectivity index (χ3v) is 7.15. The van der Waals surface area contributed by atoms with Crippen molar-refractivity contribution in [3.05, 3.63) is 76.4 Å². The van der Waals surface area contributed by atoms with Crippen LogP contribution in [0.25, 0.3) is 28.3 Å². The normalized spacial score (nSPS) is 12.3. The Bertz CT molecular complexity index is 1440. The van der Waals surface area contributed by atoms with Crippen molar-refractivity contribution in [2.24, 2.45) is 7.05 Å². The van der Waals surface area contributed by atoms with Crippen molar-refractivity contribution >= 4 is 33.0 Å². The molecule has 2 aromatic heterocycles. The summed E-state index contributed by atoms with van der Waals surface area (Å²) in [4.78, 5) is 0.250. The van der Waals surface area contributed by atoms with E-state index in [1.165, 1.54) is 6.26 Å². The molecular weight excluding hydrogens is 481 g/mol. The molecule has 6 nitrogen and oxygen atoms in total. The smallest absolute Gasteiger partial charge is 0.175 e. The molecule has 0 aliphatic rings. The molecule has 0 aliphatic carbocycles. The Kier molecular flexibility index (Phi) is 5.95. The second-order valence-corrected chi connectivity index (χ2v) is 11.2. The Morgan fingerprint density at radius 1 is 0.909 bits per heavy atom. The molecule has 2 aromatic carbocycles. The number of hydrogen-bond acceptors (Lipinski definition) is 4. The monoisotopic (exact) mass is 503 g/mol. The van der Waals surface area contributed by atoms with Crippen LogP contribution in [0, 0.1) is 0 Å². The van der Waals surface area contributed by atoms with E-state index in [0.29, 0.717) is 27.1 Å². The van der Waals surface area contributed by atoms with Gasteiger partial charge in [-0.2, -0.15) is 5.10 Å². The van der Waals surface area contributed by atoms with Gasteiger partial charge in [-0.15, -0.1) is 0 Å². The van der Waals surface area contributed by atoms with Gasteiger partial charge in [-0.25, -0.2) is 13.1 Å². The van der Waals surface area contributed by atoms with E-state index in [4.69, 9.17) is 23.2 Å². The quantitative estimate of drug-likeness (QED) is 0.390. The molecule has 4 aromatic rings. The predicted octanol–water partition coefficient (Wildman–Crippen LogP) is 5.48. The fraction of sp³-hybridized carbons (Fsp3) is 0.208. The third kappa shape index (κ3) is 4.46. The lowest BCUT2D eigenvalue weighted by atomic mass is 10.1. The second-order valence-electron chi connectivity index (χ2n) is 8.42. The summed E-state index contributed by atoms with van der Waals surface area (Å²) in [5, 5.41) is 16.1. The van der Waals surface area contributed by atoms with Crippen LogP contribution in [0.1, 0.15) is 19.5 Å². The molecule has 0 radical (unpaired) electrons. The number of sulfone groups is 1. The van der Waals surface area contributed by atoms with Crippen LogP contribution >= 0.6 is 23.2 Å². The van der Waals surface area contributed by atoms with Gasteiger partial charge in [-0.05, 0) is 61.9 Å². The lowest BCUT2D eigenvalue weighted by Crippen LogP contribution is -2.16. The van der Waals surface area contributed by atoms with Crippen molar-refractivity contribution in [1.29, 1.82) is 0 Å². The largest absolute Gasteiger partial charge is 0.384 e. The maximum atomic E-state index is 12.0. The summed E-state index contributed by atoms with van der Waals surface area (Å²) in [6.45, 7) is 3.32. The molecule has 0 saturated carbocycles. The van der Waals surface area contributed by atoms with Gasteiger partial charge in [0.1, 0.15) is 11.3 Å². The van der Waals surface area contributed by atoms with Crippen molar-refractivity contribution in [3.8, 4) is 28.3 Å². The molecule has 9 heteroatoms. The topological polar surface area (TPSA) is 77.1 Å². The lowest BCUT2D eigenvalue weighted by Gasteiger charge is -2.14. The van der Waals surface area contributed by atoms with Crippen LogP contribution in [0.4, 0.5) is 0 Å². The highest BCUT2D eigenvalue weighted by atomic mass is 35.5. The minimum absolute atomic E-state index is 0.250. The molecule has 4 rings (SSSR count). The van der Waals surface area contributed by atoms with Crippen LogP contribution in [0.5, 0.6) is 0 Å². The van der Waals surface area contributed by atoms with Crippen LogP contribution in [-0.4, -0.2) is 34.1 Å². The predicted molar refractivity (Wildman–Crippen MR) is 132 cm³/mol. The van der Waals surface area contributed by atoms with E-state index in [-0.39, 0.29) is 4.90 Å². The second kappa shape index (κ2) is 8.33. The SMILES string of the molecule is Cn1c(-c2cccc(S(C)(=O)=O)c2)ccc1-c1cc(C(C)(C)O)nn1-c1c(Cl)cccc1Cl. The average Bonchev–Trinajstić information content (AvgIpc) is 3.31. The van der Waals surface area contributed by atoms with Gasteiger partial charge in [0.25, 0.3) is 0 Å². The van der Waals surface area contributed by atoms with E-state index in [1.807, 2.05) is 29.8 Å². The number of halogens is 2. The Labute approximate surface area is 202 Å². The first-order valence-corrected chi connectivity index (χ1v) is 12.8. The summed E-state index contributed by atoms with van der Waals surface area (Å²) in [7, 11) is -1.46. The first-order valence-electron chi connectivity index (χ1n) is 10.1. The molecule has 0 aliphatic heterocycles. The van der Waals surface area contributed by atoms with Gasteiger partial charge in [0.05, 0.1) is 32.0 Å². The average molecular weight is 504 g/mol. The Morgan fingerprint density at radius 2 is 1.52 bits per heavy atom. The minimum atomic E-state index is -3.34. The zero-order valence-corrected chi connectivity index (χ0v) is 20.9. The Morgan fingerprint density at radius 3 is 2.12 bits per heavy atom. The lowest BCUT2D eigenvalue weighted by molar-refractivity contribution is 0.0734. The maximum Gasteiger partial charge on any atom is 0.175 e. The van der Waals surface area contributed by atoms with Gasteiger partial charge in [-0.3, -0.25) is 0 Å². The maximum absolute atomic E-state index is 12.0. The molecule has 33 heavy (non-hydrogen) atoms. The fourth-order valence-corrected chi connectivity index (χ4v) is 4.89. The molecule has 0 unspecified atom stereocenters. The molecule has 0 amide bonds. The van der Waals surface area contributed by atoms with E-state index in [0.717, 1.165) is 17.0 Å². The number of nitrogens with zero attached hydrogens (tertiary/aromatic N) is 3. The van der Waals surface area contributed by atoms with E-state index in [9.17, 15) is 13.5 Å². The molecular formula is C24H23Cl2N3O3S. The van der Waals surface area contributed by atoms with Crippen LogP contribution in [0.15, 0.2) is 65.6 Å². The zero-order chi connectivity index (χ0) is 24.1. The van der Waals surface area contributed by atoms with Crippen molar-refractivity contribution in [2.45, 2.75) is 24.3 Å². The van der Waals surface area contributed by atoms with E-state index >= 15 is 0 Å². The Hall–Kier alpha value is -2.58. The van der Waals surface area contributed by atoms with Crippen molar-refractivity contribution in [3.63, 3.8) is 0 Å². The zero-order valence-electron chi connectivity index (χ0n) is 18.5. The minimum Gasteiger partial charge on any atom is -0.384 e. The highest BCUT2D eigenvalue weighted by Crippen LogP contribution is 2.36. The molecule has 0 spiro atoms. The van der Waals surface area contributed by atoms with Gasteiger partial charge in [0.2, 0.25) is 0 Å². The number of benzene rings is 2. The molecule has 0 bridgehead atoms. The molecule has 1 N–H and O–H groups in total. The van der Waals surface area contributed by atoms with Crippen LogP contribution < -0.4 is 0 Å². The molecule has 0 atom stereocenters. The summed E-state index contributed by atoms with van der Waals surface area (Å²) in [6, 6.07) is 17.6. The number of aliphatic hydroxyl groups is 1. The summed E-state index contributed by atoms with van der Waals surface area (Å²) in [6.07, 6.45) is 1.19. The first kappa shape index (κ1) is 23.6. The van der Waals surface area contributed by atoms with Crippen LogP contribution in [0.2, 0.25) is 10.0 Å². The number of aromatic nitrogens is 3. The number of para-hydroxylation sites is 1. The molecule has 172 valence electrons. The van der Waals surface area contributed by atoms with Crippen molar-refractivity contribution < 1.29 is 13.5 Å². The van der Waals surface area contributed by atoms with E-state index < -0.39 is 15.4 Å². The van der Waals surface area contributed by atoms with Gasteiger partial charge in [0, 0.05) is 19.0 Å². The summed E-state index contributed by atoms with van der Waals surface area (Å²) in [5.41, 5.74) is 2.81. The summed E-state index contributed by atoms with van der Waals surface area (Å²) >= 11 is 13.0. The summed E-state index contributed by atoms with van der Waals surface area (Å²) in [5.74, 6) is 0. The van der Waals surface area contributed by atoms with Gasteiger partial charge >= 0.3 is 0 Å². The van der Waals surface area contributed by atoms with Crippen molar-refractivity contribution in [2.75, 3.05) is 6.26 Å². The first-order chi connectivity index (χ1) is 15.4. The Balaban J connectivity index is 1.93. The summed E-state index contributed by atoms with van der Waals surface area (Å²) < 4.78 is 27.6. The van der Waals surface area contributed by atoms with Gasteiger partial charge in [-0.1, -0.05) is 41.4 Å². The molecule has 0 fully saturated rings. The third-order valence-electron chi connectivity index (χ3n) is 5.43. The number of hydrogen-bond donors (Lipinski definition) is 1. The van der Waals surface area contributed by atoms with E-state index in [1.54, 1.807) is 61.0 Å². The van der Waals surface area contributed by atoms with Gasteiger partial charge < -0.3 is 9.67 Å². The molecule has 2 heterocycles. The molecule has 0 saturated heterocycles. The van der Waals surface area contributed by atoms with Crippen molar-refractivity contribution in [1.82, 2.24) is 14.3 Å².